The number of ether oxygens (including phenoxy) is 1. The van der Waals surface area contributed by atoms with Crippen molar-refractivity contribution in [3.63, 3.8) is 0 Å². The van der Waals surface area contributed by atoms with E-state index in [0.717, 1.165) is 34.9 Å². The van der Waals surface area contributed by atoms with Crippen molar-refractivity contribution in [2.45, 2.75) is 26.7 Å². The third-order valence-corrected chi connectivity index (χ3v) is 4.67. The second-order valence-electron chi connectivity index (χ2n) is 6.04. The summed E-state index contributed by atoms with van der Waals surface area (Å²) in [4.78, 5) is 4.94. The Morgan fingerprint density at radius 1 is 1.05 bits per heavy atom. The van der Waals surface area contributed by atoms with E-state index in [-0.39, 0.29) is 0 Å². The van der Waals surface area contributed by atoms with Crippen molar-refractivity contribution in [3.05, 3.63) is 28.3 Å². The van der Waals surface area contributed by atoms with Crippen LogP contribution in [0, 0.1) is 13.8 Å². The van der Waals surface area contributed by atoms with Crippen molar-refractivity contribution in [1.82, 2.24) is 9.80 Å². The lowest BCUT2D eigenvalue weighted by atomic mass is 10.1. The van der Waals surface area contributed by atoms with Gasteiger partial charge in [-0.05, 0) is 51.4 Å². The summed E-state index contributed by atoms with van der Waals surface area (Å²) in [5, 5.41) is 0.758. The summed E-state index contributed by atoms with van der Waals surface area (Å²) in [5.41, 5.74) is 2.19. The standard InChI is InChI=1S/C17H27ClN2O/c1-14-6-7-15(2)17(16(14)18)21-13-5-4-8-20-11-9-19(3)10-12-20/h6-7H,4-5,8-13H2,1-3H3. The molecule has 0 bridgehead atoms. The van der Waals surface area contributed by atoms with E-state index in [1.807, 2.05) is 19.9 Å². The van der Waals surface area contributed by atoms with Gasteiger partial charge in [0.05, 0.1) is 11.6 Å². The molecule has 3 nitrogen and oxygen atoms in total. The molecule has 1 aliphatic heterocycles. The van der Waals surface area contributed by atoms with Crippen LogP contribution >= 0.6 is 11.6 Å². The molecule has 1 aliphatic rings. The minimum atomic E-state index is 0.748. The topological polar surface area (TPSA) is 15.7 Å². The minimum Gasteiger partial charge on any atom is -0.492 e. The third kappa shape index (κ3) is 4.87. The number of benzene rings is 1. The van der Waals surface area contributed by atoms with Crippen molar-refractivity contribution in [3.8, 4) is 5.75 Å². The molecule has 0 aromatic heterocycles. The van der Waals surface area contributed by atoms with Crippen LogP contribution in [0.4, 0.5) is 0 Å². The maximum Gasteiger partial charge on any atom is 0.141 e. The van der Waals surface area contributed by atoms with Gasteiger partial charge in [-0.15, -0.1) is 0 Å². The maximum absolute atomic E-state index is 6.31. The van der Waals surface area contributed by atoms with Crippen molar-refractivity contribution < 1.29 is 4.74 Å². The highest BCUT2D eigenvalue weighted by molar-refractivity contribution is 6.32. The SMILES string of the molecule is Cc1ccc(C)c(OCCCCN2CCN(C)CC2)c1Cl. The number of aryl methyl sites for hydroxylation is 2. The summed E-state index contributed by atoms with van der Waals surface area (Å²) >= 11 is 6.31. The number of nitrogens with zero attached hydrogens (tertiary/aromatic N) is 2. The Morgan fingerprint density at radius 3 is 2.43 bits per heavy atom. The molecule has 0 aliphatic carbocycles. The van der Waals surface area contributed by atoms with Gasteiger partial charge in [0, 0.05) is 26.2 Å². The van der Waals surface area contributed by atoms with Gasteiger partial charge in [-0.3, -0.25) is 0 Å². The van der Waals surface area contributed by atoms with E-state index in [1.165, 1.54) is 39.1 Å². The molecular formula is C17H27ClN2O. The van der Waals surface area contributed by atoms with Crippen LogP contribution in [0.15, 0.2) is 12.1 Å². The number of hydrogen-bond acceptors (Lipinski definition) is 3. The summed E-state index contributed by atoms with van der Waals surface area (Å²) in [6.45, 7) is 10.8. The first-order valence-corrected chi connectivity index (χ1v) is 8.25. The van der Waals surface area contributed by atoms with E-state index in [2.05, 4.69) is 22.9 Å². The van der Waals surface area contributed by atoms with Gasteiger partial charge in [0.15, 0.2) is 0 Å². The number of halogens is 1. The number of hydrogen-bond donors (Lipinski definition) is 0. The number of likely N-dealkylation sites (N-methyl/N-ethyl adjacent to an activating group) is 1. The molecule has 1 aromatic rings. The minimum absolute atomic E-state index is 0.748. The Bertz CT molecular complexity index is 456. The van der Waals surface area contributed by atoms with E-state index in [9.17, 15) is 0 Å². The number of rotatable bonds is 6. The highest BCUT2D eigenvalue weighted by atomic mass is 35.5. The van der Waals surface area contributed by atoms with Crippen LogP contribution in [0.2, 0.25) is 5.02 Å². The van der Waals surface area contributed by atoms with Gasteiger partial charge in [0.1, 0.15) is 5.75 Å². The monoisotopic (exact) mass is 310 g/mol. The first-order chi connectivity index (χ1) is 10.1. The van der Waals surface area contributed by atoms with Crippen LogP contribution in [0.3, 0.4) is 0 Å². The molecule has 0 amide bonds. The van der Waals surface area contributed by atoms with E-state index in [0.29, 0.717) is 0 Å². The molecule has 1 heterocycles. The van der Waals surface area contributed by atoms with Gasteiger partial charge in [-0.2, -0.15) is 0 Å². The van der Waals surface area contributed by atoms with Gasteiger partial charge in [0.2, 0.25) is 0 Å². The average Bonchev–Trinajstić information content (AvgIpc) is 2.48. The largest absolute Gasteiger partial charge is 0.492 e. The average molecular weight is 311 g/mol. The fourth-order valence-electron chi connectivity index (χ4n) is 2.61. The molecule has 1 aromatic carbocycles. The quantitative estimate of drug-likeness (QED) is 0.749. The van der Waals surface area contributed by atoms with E-state index >= 15 is 0 Å². The summed E-state index contributed by atoms with van der Waals surface area (Å²) in [7, 11) is 2.19. The molecule has 1 fully saturated rings. The van der Waals surface area contributed by atoms with Crippen LogP contribution in [0.1, 0.15) is 24.0 Å². The zero-order valence-electron chi connectivity index (χ0n) is 13.5. The molecular weight excluding hydrogens is 284 g/mol. The molecule has 0 spiro atoms. The Labute approximate surface area is 133 Å². The van der Waals surface area contributed by atoms with Gasteiger partial charge < -0.3 is 14.5 Å². The second-order valence-corrected chi connectivity index (χ2v) is 6.42. The van der Waals surface area contributed by atoms with Crippen LogP contribution < -0.4 is 4.74 Å². The molecule has 0 atom stereocenters. The van der Waals surface area contributed by atoms with Crippen molar-refractivity contribution >= 4 is 11.6 Å². The smallest absolute Gasteiger partial charge is 0.141 e. The van der Waals surface area contributed by atoms with Crippen LogP contribution in [-0.2, 0) is 0 Å². The second kappa shape index (κ2) is 8.02. The van der Waals surface area contributed by atoms with Crippen molar-refractivity contribution in [1.29, 1.82) is 0 Å². The van der Waals surface area contributed by atoms with Gasteiger partial charge in [-0.1, -0.05) is 23.7 Å². The lowest BCUT2D eigenvalue weighted by molar-refractivity contribution is 0.150. The Kier molecular flexibility index (Phi) is 6.34. The molecule has 0 N–H and O–H groups in total. The summed E-state index contributed by atoms with van der Waals surface area (Å²) < 4.78 is 5.90. The molecule has 0 saturated carbocycles. The predicted molar refractivity (Wildman–Crippen MR) is 89.6 cm³/mol. The van der Waals surface area contributed by atoms with Gasteiger partial charge in [-0.25, -0.2) is 0 Å². The lowest BCUT2D eigenvalue weighted by Gasteiger charge is -2.32. The molecule has 4 heteroatoms. The van der Waals surface area contributed by atoms with Crippen molar-refractivity contribution in [2.75, 3.05) is 46.4 Å². The number of piperazine rings is 1. The van der Waals surface area contributed by atoms with Crippen LogP contribution in [0.25, 0.3) is 0 Å². The summed E-state index contributed by atoms with van der Waals surface area (Å²) in [5.74, 6) is 0.858. The molecule has 1 saturated heterocycles. The first kappa shape index (κ1) is 16.6. The molecule has 21 heavy (non-hydrogen) atoms. The normalized spacial score (nSPS) is 17.1. The fourth-order valence-corrected chi connectivity index (χ4v) is 2.88. The summed E-state index contributed by atoms with van der Waals surface area (Å²) in [6, 6.07) is 4.11. The van der Waals surface area contributed by atoms with E-state index < -0.39 is 0 Å². The molecule has 0 unspecified atom stereocenters. The lowest BCUT2D eigenvalue weighted by Crippen LogP contribution is -2.44. The highest BCUT2D eigenvalue weighted by Gasteiger charge is 2.13. The van der Waals surface area contributed by atoms with Crippen LogP contribution in [0.5, 0.6) is 5.75 Å². The zero-order chi connectivity index (χ0) is 15.2. The van der Waals surface area contributed by atoms with Crippen LogP contribution in [-0.4, -0.2) is 56.2 Å². The zero-order valence-corrected chi connectivity index (χ0v) is 14.2. The Morgan fingerprint density at radius 2 is 1.71 bits per heavy atom. The van der Waals surface area contributed by atoms with E-state index in [1.54, 1.807) is 0 Å². The van der Waals surface area contributed by atoms with Crippen molar-refractivity contribution in [2.24, 2.45) is 0 Å². The summed E-state index contributed by atoms with van der Waals surface area (Å²) in [6.07, 6.45) is 2.27. The Balaban J connectivity index is 1.67. The third-order valence-electron chi connectivity index (χ3n) is 4.20. The molecule has 118 valence electrons. The number of unbranched alkanes of at least 4 members (excludes halogenated alkanes) is 1. The maximum atomic E-state index is 6.31. The first-order valence-electron chi connectivity index (χ1n) is 7.87. The fraction of sp³-hybridized carbons (Fsp3) is 0.647. The van der Waals surface area contributed by atoms with Gasteiger partial charge in [0.25, 0.3) is 0 Å². The molecule has 0 radical (unpaired) electrons. The molecule has 2 rings (SSSR count). The predicted octanol–water partition coefficient (Wildman–Crippen LogP) is 3.36. The van der Waals surface area contributed by atoms with E-state index in [4.69, 9.17) is 16.3 Å². The Hall–Kier alpha value is -0.770. The highest BCUT2D eigenvalue weighted by Crippen LogP contribution is 2.31. The van der Waals surface area contributed by atoms with Gasteiger partial charge >= 0.3 is 0 Å².